The van der Waals surface area contributed by atoms with Crippen LogP contribution in [0, 0.1) is 29.6 Å². The van der Waals surface area contributed by atoms with E-state index in [0.717, 1.165) is 24.7 Å². The summed E-state index contributed by atoms with van der Waals surface area (Å²) in [6.07, 6.45) is 6.90. The van der Waals surface area contributed by atoms with Gasteiger partial charge in [-0.25, -0.2) is 0 Å². The lowest BCUT2D eigenvalue weighted by Gasteiger charge is -2.47. The molecule has 0 saturated heterocycles. The number of aliphatic hydroxyl groups excluding tert-OH is 1. The van der Waals surface area contributed by atoms with E-state index < -0.39 is 0 Å². The summed E-state index contributed by atoms with van der Waals surface area (Å²) in [5, 5.41) is 10.2. The Balaban J connectivity index is 1.91. The Bertz CT molecular complexity index is 293. The third kappa shape index (κ3) is 1.46. The van der Waals surface area contributed by atoms with Crippen LogP contribution in [0.5, 0.6) is 0 Å². The summed E-state index contributed by atoms with van der Waals surface area (Å²) in [6, 6.07) is 0. The highest BCUT2D eigenvalue weighted by Crippen LogP contribution is 2.56. The zero-order valence-corrected chi connectivity index (χ0v) is 10.1. The Kier molecular flexibility index (Phi) is 2.58. The highest BCUT2D eigenvalue weighted by Gasteiger charge is 2.52. The smallest absolute Gasteiger partial charge is 0.133 e. The van der Waals surface area contributed by atoms with Crippen molar-refractivity contribution in [1.29, 1.82) is 0 Å². The lowest BCUT2D eigenvalue weighted by atomic mass is 9.59. The van der Waals surface area contributed by atoms with Crippen molar-refractivity contribution in [3.05, 3.63) is 0 Å². The summed E-state index contributed by atoms with van der Waals surface area (Å²) < 4.78 is 0. The van der Waals surface area contributed by atoms with Gasteiger partial charge in [0.15, 0.2) is 0 Å². The number of aliphatic hydroxyl groups is 1. The molecule has 2 heteroatoms. The van der Waals surface area contributed by atoms with Gasteiger partial charge in [0.2, 0.25) is 0 Å². The lowest BCUT2D eigenvalue weighted by molar-refractivity contribution is -0.132. The molecule has 0 aromatic carbocycles. The van der Waals surface area contributed by atoms with Gasteiger partial charge >= 0.3 is 0 Å². The number of rotatable bonds is 1. The summed E-state index contributed by atoms with van der Waals surface area (Å²) in [7, 11) is 0. The van der Waals surface area contributed by atoms with Gasteiger partial charge in [-0.05, 0) is 69.1 Å². The van der Waals surface area contributed by atoms with Crippen LogP contribution in [0.2, 0.25) is 0 Å². The molecule has 0 bridgehead atoms. The van der Waals surface area contributed by atoms with Gasteiger partial charge in [0.1, 0.15) is 5.78 Å². The summed E-state index contributed by atoms with van der Waals surface area (Å²) in [4.78, 5) is 11.7. The zero-order chi connectivity index (χ0) is 11.3. The molecule has 0 aromatic heterocycles. The lowest BCUT2D eigenvalue weighted by Crippen LogP contribution is -2.47. The summed E-state index contributed by atoms with van der Waals surface area (Å²) >= 11 is 0. The van der Waals surface area contributed by atoms with Crippen molar-refractivity contribution in [3.63, 3.8) is 0 Å². The molecule has 3 aliphatic carbocycles. The zero-order valence-electron chi connectivity index (χ0n) is 10.1. The first kappa shape index (κ1) is 10.8. The molecule has 2 nitrogen and oxygen atoms in total. The van der Waals surface area contributed by atoms with Crippen LogP contribution in [0.1, 0.15) is 45.4 Å². The number of Topliss-reactive ketones (excluding diaryl/α,β-unsaturated/α-hetero) is 1. The van der Waals surface area contributed by atoms with E-state index in [-0.39, 0.29) is 12.0 Å². The van der Waals surface area contributed by atoms with Crippen molar-refractivity contribution in [3.8, 4) is 0 Å². The fourth-order valence-corrected chi connectivity index (χ4v) is 4.93. The molecule has 3 saturated carbocycles. The maximum atomic E-state index is 11.7. The Morgan fingerprint density at radius 3 is 2.12 bits per heavy atom. The quantitative estimate of drug-likeness (QED) is 0.739. The molecule has 3 aliphatic rings. The van der Waals surface area contributed by atoms with Crippen LogP contribution in [0.15, 0.2) is 0 Å². The van der Waals surface area contributed by atoms with E-state index in [1.807, 2.05) is 0 Å². The standard InChI is InChI=1S/C14H22O2/c1-8(15)11-6-4-9-2-3-10-5-7-12(16)14(11)13(9)10/h9-14,16H,2-7H2,1H3. The average Bonchev–Trinajstić information content (AvgIpc) is 2.67. The van der Waals surface area contributed by atoms with Crippen molar-refractivity contribution < 1.29 is 9.90 Å². The number of hydrogen-bond donors (Lipinski definition) is 1. The third-order valence-corrected chi connectivity index (χ3v) is 5.55. The largest absolute Gasteiger partial charge is 0.393 e. The van der Waals surface area contributed by atoms with E-state index in [9.17, 15) is 9.90 Å². The highest BCUT2D eigenvalue weighted by molar-refractivity contribution is 5.78. The van der Waals surface area contributed by atoms with Crippen molar-refractivity contribution in [2.24, 2.45) is 29.6 Å². The minimum atomic E-state index is -0.198. The Morgan fingerprint density at radius 2 is 1.50 bits per heavy atom. The topological polar surface area (TPSA) is 37.3 Å². The molecule has 16 heavy (non-hydrogen) atoms. The monoisotopic (exact) mass is 222 g/mol. The van der Waals surface area contributed by atoms with E-state index in [2.05, 4.69) is 0 Å². The maximum Gasteiger partial charge on any atom is 0.133 e. The van der Waals surface area contributed by atoms with Gasteiger partial charge in [-0.1, -0.05) is 0 Å². The van der Waals surface area contributed by atoms with Crippen LogP contribution in [-0.2, 0) is 4.79 Å². The van der Waals surface area contributed by atoms with Gasteiger partial charge in [0, 0.05) is 5.92 Å². The number of carbonyl (C=O) groups is 1. The maximum absolute atomic E-state index is 11.7. The molecular weight excluding hydrogens is 200 g/mol. The molecule has 6 unspecified atom stereocenters. The molecule has 3 rings (SSSR count). The first-order valence-corrected chi connectivity index (χ1v) is 6.87. The van der Waals surface area contributed by atoms with Gasteiger partial charge in [0.25, 0.3) is 0 Å². The van der Waals surface area contributed by atoms with Gasteiger partial charge < -0.3 is 5.11 Å². The predicted octanol–water partition coefficient (Wildman–Crippen LogP) is 2.40. The molecule has 0 amide bonds. The first-order valence-electron chi connectivity index (χ1n) is 6.87. The molecule has 3 fully saturated rings. The Labute approximate surface area is 97.4 Å². The Morgan fingerprint density at radius 1 is 0.938 bits per heavy atom. The van der Waals surface area contributed by atoms with Crippen molar-refractivity contribution in [1.82, 2.24) is 0 Å². The molecular formula is C14H22O2. The number of hydrogen-bond acceptors (Lipinski definition) is 2. The second-order valence-corrected chi connectivity index (χ2v) is 6.19. The third-order valence-electron chi connectivity index (χ3n) is 5.55. The van der Waals surface area contributed by atoms with Crippen LogP contribution >= 0.6 is 0 Å². The minimum absolute atomic E-state index is 0.164. The predicted molar refractivity (Wildman–Crippen MR) is 61.8 cm³/mol. The summed E-state index contributed by atoms with van der Waals surface area (Å²) in [5.74, 6) is 3.09. The second-order valence-electron chi connectivity index (χ2n) is 6.19. The minimum Gasteiger partial charge on any atom is -0.393 e. The van der Waals surface area contributed by atoms with E-state index in [4.69, 9.17) is 0 Å². The molecule has 0 heterocycles. The number of ketones is 1. The van der Waals surface area contributed by atoms with Gasteiger partial charge in [-0.2, -0.15) is 0 Å². The molecule has 0 aromatic rings. The van der Waals surface area contributed by atoms with Gasteiger partial charge in [-0.3, -0.25) is 4.79 Å². The fourth-order valence-electron chi connectivity index (χ4n) is 4.93. The molecule has 6 atom stereocenters. The highest BCUT2D eigenvalue weighted by atomic mass is 16.3. The van der Waals surface area contributed by atoms with E-state index in [0.29, 0.717) is 17.6 Å². The molecule has 0 spiro atoms. The van der Waals surface area contributed by atoms with Crippen molar-refractivity contribution >= 4 is 5.78 Å². The summed E-state index contributed by atoms with van der Waals surface area (Å²) in [5.41, 5.74) is 0. The van der Waals surface area contributed by atoms with Crippen LogP contribution in [-0.4, -0.2) is 17.0 Å². The Hall–Kier alpha value is -0.370. The number of carbonyl (C=O) groups excluding carboxylic acids is 1. The molecule has 0 aliphatic heterocycles. The average molecular weight is 222 g/mol. The molecule has 1 N–H and O–H groups in total. The van der Waals surface area contributed by atoms with Crippen molar-refractivity contribution in [2.45, 2.75) is 51.6 Å². The van der Waals surface area contributed by atoms with E-state index in [1.54, 1.807) is 6.92 Å². The van der Waals surface area contributed by atoms with Gasteiger partial charge in [-0.15, -0.1) is 0 Å². The van der Waals surface area contributed by atoms with E-state index in [1.165, 1.54) is 25.7 Å². The summed E-state index contributed by atoms with van der Waals surface area (Å²) in [6.45, 7) is 1.72. The van der Waals surface area contributed by atoms with Crippen LogP contribution in [0.3, 0.4) is 0 Å². The normalized spacial score (nSPS) is 51.1. The van der Waals surface area contributed by atoms with Gasteiger partial charge in [0.05, 0.1) is 6.10 Å². The molecule has 0 radical (unpaired) electrons. The first-order chi connectivity index (χ1) is 7.68. The molecule has 90 valence electrons. The van der Waals surface area contributed by atoms with Crippen LogP contribution < -0.4 is 0 Å². The van der Waals surface area contributed by atoms with Crippen molar-refractivity contribution in [2.75, 3.05) is 0 Å². The SMILES string of the molecule is CC(=O)C1CCC2CCC3CCC(O)C1C32. The van der Waals surface area contributed by atoms with Crippen LogP contribution in [0.25, 0.3) is 0 Å². The van der Waals surface area contributed by atoms with E-state index >= 15 is 0 Å². The second kappa shape index (κ2) is 3.83. The van der Waals surface area contributed by atoms with Crippen LogP contribution in [0.4, 0.5) is 0 Å². The fraction of sp³-hybridized carbons (Fsp3) is 0.929.